The quantitative estimate of drug-likeness (QED) is 0.808. The van der Waals surface area contributed by atoms with Gasteiger partial charge in [0.1, 0.15) is 0 Å². The van der Waals surface area contributed by atoms with Crippen molar-refractivity contribution in [2.75, 3.05) is 25.0 Å². The number of hydrogen-bond donors (Lipinski definition) is 2. The maximum absolute atomic E-state index is 11.9. The molecule has 2 amide bonds. The normalized spacial score (nSPS) is 15.4. The van der Waals surface area contributed by atoms with Gasteiger partial charge in [-0.3, -0.25) is 19.5 Å². The SMILES string of the molecule is O=C(NCC1CCN(Cc2ccccc2)CC1)C(=O)Nc1cccnc1. The lowest BCUT2D eigenvalue weighted by Crippen LogP contribution is -2.41. The van der Waals surface area contributed by atoms with Crippen LogP contribution in [0.2, 0.25) is 0 Å². The van der Waals surface area contributed by atoms with Crippen molar-refractivity contribution >= 4 is 17.5 Å². The van der Waals surface area contributed by atoms with Crippen LogP contribution in [0.1, 0.15) is 18.4 Å². The second kappa shape index (κ2) is 9.10. The van der Waals surface area contributed by atoms with Crippen molar-refractivity contribution in [3.63, 3.8) is 0 Å². The van der Waals surface area contributed by atoms with E-state index in [-0.39, 0.29) is 0 Å². The van der Waals surface area contributed by atoms with Gasteiger partial charge in [0.25, 0.3) is 0 Å². The van der Waals surface area contributed by atoms with E-state index in [1.807, 2.05) is 6.07 Å². The summed E-state index contributed by atoms with van der Waals surface area (Å²) in [5, 5.41) is 5.29. The van der Waals surface area contributed by atoms with E-state index in [4.69, 9.17) is 0 Å². The predicted molar refractivity (Wildman–Crippen MR) is 100 cm³/mol. The minimum Gasteiger partial charge on any atom is -0.348 e. The Kier molecular flexibility index (Phi) is 6.33. The molecule has 0 bridgehead atoms. The molecule has 2 aromatic rings. The number of amides is 2. The van der Waals surface area contributed by atoms with Gasteiger partial charge in [0.15, 0.2) is 0 Å². The van der Waals surface area contributed by atoms with Crippen LogP contribution in [0.3, 0.4) is 0 Å². The summed E-state index contributed by atoms with van der Waals surface area (Å²) in [6.45, 7) is 3.53. The molecule has 1 fully saturated rings. The fourth-order valence-corrected chi connectivity index (χ4v) is 3.13. The monoisotopic (exact) mass is 352 g/mol. The number of carbonyl (C=O) groups excluding carboxylic acids is 2. The minimum atomic E-state index is -0.653. The zero-order chi connectivity index (χ0) is 18.2. The van der Waals surface area contributed by atoms with Gasteiger partial charge in [-0.25, -0.2) is 0 Å². The van der Waals surface area contributed by atoms with Crippen LogP contribution in [0, 0.1) is 5.92 Å². The zero-order valence-corrected chi connectivity index (χ0v) is 14.7. The first kappa shape index (κ1) is 18.1. The fraction of sp³-hybridized carbons (Fsp3) is 0.350. The highest BCUT2D eigenvalue weighted by Gasteiger charge is 2.21. The lowest BCUT2D eigenvalue weighted by atomic mass is 9.96. The second-order valence-electron chi connectivity index (χ2n) is 6.61. The van der Waals surface area contributed by atoms with E-state index < -0.39 is 11.8 Å². The lowest BCUT2D eigenvalue weighted by Gasteiger charge is -2.32. The van der Waals surface area contributed by atoms with Crippen LogP contribution in [0.4, 0.5) is 5.69 Å². The summed E-state index contributed by atoms with van der Waals surface area (Å²) < 4.78 is 0. The summed E-state index contributed by atoms with van der Waals surface area (Å²) in [7, 11) is 0. The number of likely N-dealkylation sites (tertiary alicyclic amines) is 1. The number of carbonyl (C=O) groups is 2. The molecule has 0 atom stereocenters. The molecule has 1 aliphatic rings. The Morgan fingerprint density at radius 2 is 1.81 bits per heavy atom. The molecular weight excluding hydrogens is 328 g/mol. The van der Waals surface area contributed by atoms with Crippen LogP contribution in [-0.2, 0) is 16.1 Å². The van der Waals surface area contributed by atoms with Gasteiger partial charge < -0.3 is 10.6 Å². The molecule has 136 valence electrons. The van der Waals surface area contributed by atoms with E-state index in [1.54, 1.807) is 18.3 Å². The van der Waals surface area contributed by atoms with Crippen molar-refractivity contribution in [1.29, 1.82) is 0 Å². The third-order valence-corrected chi connectivity index (χ3v) is 4.63. The molecule has 0 aliphatic carbocycles. The Hall–Kier alpha value is -2.73. The third kappa shape index (κ3) is 5.39. The third-order valence-electron chi connectivity index (χ3n) is 4.63. The molecule has 1 aromatic heterocycles. The van der Waals surface area contributed by atoms with Crippen LogP contribution in [0.15, 0.2) is 54.9 Å². The lowest BCUT2D eigenvalue weighted by molar-refractivity contribution is -0.136. The molecule has 1 aliphatic heterocycles. The highest BCUT2D eigenvalue weighted by molar-refractivity contribution is 6.39. The Morgan fingerprint density at radius 3 is 2.50 bits per heavy atom. The van der Waals surface area contributed by atoms with Crippen molar-refractivity contribution < 1.29 is 9.59 Å². The highest BCUT2D eigenvalue weighted by atomic mass is 16.2. The van der Waals surface area contributed by atoms with Gasteiger partial charge in [-0.15, -0.1) is 0 Å². The average molecular weight is 352 g/mol. The van der Waals surface area contributed by atoms with E-state index in [2.05, 4.69) is 44.8 Å². The van der Waals surface area contributed by atoms with E-state index >= 15 is 0 Å². The van der Waals surface area contributed by atoms with Crippen molar-refractivity contribution in [2.45, 2.75) is 19.4 Å². The number of pyridine rings is 1. The van der Waals surface area contributed by atoms with E-state index in [0.29, 0.717) is 18.2 Å². The van der Waals surface area contributed by atoms with Crippen molar-refractivity contribution in [2.24, 2.45) is 5.92 Å². The molecule has 0 spiro atoms. The van der Waals surface area contributed by atoms with E-state index in [1.165, 1.54) is 11.8 Å². The Bertz CT molecular complexity index is 713. The van der Waals surface area contributed by atoms with Crippen LogP contribution in [-0.4, -0.2) is 41.3 Å². The van der Waals surface area contributed by atoms with Gasteiger partial charge in [-0.05, 0) is 49.5 Å². The minimum absolute atomic E-state index is 0.414. The van der Waals surface area contributed by atoms with Crippen LogP contribution >= 0.6 is 0 Å². The molecule has 6 heteroatoms. The Morgan fingerprint density at radius 1 is 1.04 bits per heavy atom. The van der Waals surface area contributed by atoms with E-state index in [9.17, 15) is 9.59 Å². The summed E-state index contributed by atoms with van der Waals surface area (Å²) in [6, 6.07) is 13.9. The summed E-state index contributed by atoms with van der Waals surface area (Å²) in [6.07, 6.45) is 5.17. The number of nitrogens with one attached hydrogen (secondary N) is 2. The second-order valence-corrected chi connectivity index (χ2v) is 6.61. The van der Waals surface area contributed by atoms with Gasteiger partial charge in [-0.1, -0.05) is 30.3 Å². The summed E-state index contributed by atoms with van der Waals surface area (Å²) in [5.41, 5.74) is 1.84. The molecule has 26 heavy (non-hydrogen) atoms. The number of benzene rings is 1. The fourth-order valence-electron chi connectivity index (χ4n) is 3.13. The predicted octanol–water partition coefficient (Wildman–Crippen LogP) is 2.05. The maximum atomic E-state index is 11.9. The van der Waals surface area contributed by atoms with Crippen LogP contribution in [0.25, 0.3) is 0 Å². The van der Waals surface area contributed by atoms with Crippen molar-refractivity contribution in [1.82, 2.24) is 15.2 Å². The van der Waals surface area contributed by atoms with Crippen LogP contribution in [0.5, 0.6) is 0 Å². The molecule has 3 rings (SSSR count). The van der Waals surface area contributed by atoms with Gasteiger partial charge in [0.05, 0.1) is 11.9 Å². The topological polar surface area (TPSA) is 74.3 Å². The molecule has 0 unspecified atom stereocenters. The zero-order valence-electron chi connectivity index (χ0n) is 14.7. The van der Waals surface area contributed by atoms with Crippen molar-refractivity contribution in [3.8, 4) is 0 Å². The number of aromatic nitrogens is 1. The summed E-state index contributed by atoms with van der Waals surface area (Å²) in [5.74, 6) is -0.836. The van der Waals surface area contributed by atoms with Crippen LogP contribution < -0.4 is 10.6 Å². The van der Waals surface area contributed by atoms with Gasteiger partial charge in [0, 0.05) is 19.3 Å². The van der Waals surface area contributed by atoms with Gasteiger partial charge >= 0.3 is 11.8 Å². The van der Waals surface area contributed by atoms with Gasteiger partial charge in [0.2, 0.25) is 0 Å². The number of anilines is 1. The molecule has 2 N–H and O–H groups in total. The molecule has 0 saturated carbocycles. The summed E-state index contributed by atoms with van der Waals surface area (Å²) >= 11 is 0. The number of piperidine rings is 1. The number of nitrogens with zero attached hydrogens (tertiary/aromatic N) is 2. The molecule has 2 heterocycles. The first-order valence-electron chi connectivity index (χ1n) is 8.96. The van der Waals surface area contributed by atoms with E-state index in [0.717, 1.165) is 32.5 Å². The standard InChI is InChI=1S/C20H24N4O2/c25-19(20(26)23-18-7-4-10-21-14-18)22-13-16-8-11-24(12-9-16)15-17-5-2-1-3-6-17/h1-7,10,14,16H,8-9,11-13,15H2,(H,22,25)(H,23,26). The number of hydrogen-bond acceptors (Lipinski definition) is 4. The highest BCUT2D eigenvalue weighted by Crippen LogP contribution is 2.18. The molecule has 6 nitrogen and oxygen atoms in total. The Labute approximate surface area is 153 Å². The first-order valence-corrected chi connectivity index (χ1v) is 8.96. The Balaban J connectivity index is 1.36. The molecule has 1 saturated heterocycles. The van der Waals surface area contributed by atoms with Gasteiger partial charge in [-0.2, -0.15) is 0 Å². The molecular formula is C20H24N4O2. The molecule has 1 aromatic carbocycles. The first-order chi connectivity index (χ1) is 12.7. The average Bonchev–Trinajstić information content (AvgIpc) is 2.69. The largest absolute Gasteiger partial charge is 0.348 e. The maximum Gasteiger partial charge on any atom is 0.313 e. The molecule has 0 radical (unpaired) electrons. The summed E-state index contributed by atoms with van der Waals surface area (Å²) in [4.78, 5) is 30.2. The number of rotatable bonds is 5. The van der Waals surface area contributed by atoms with Crippen molar-refractivity contribution in [3.05, 3.63) is 60.4 Å². The smallest absolute Gasteiger partial charge is 0.313 e.